The van der Waals surface area contributed by atoms with Gasteiger partial charge < -0.3 is 10.1 Å². The first-order valence-corrected chi connectivity index (χ1v) is 8.29. The van der Waals surface area contributed by atoms with Crippen LogP contribution in [-0.2, 0) is 11.3 Å². The van der Waals surface area contributed by atoms with Gasteiger partial charge in [-0.1, -0.05) is 23.7 Å². The summed E-state index contributed by atoms with van der Waals surface area (Å²) in [6, 6.07) is 11.8. The van der Waals surface area contributed by atoms with Crippen molar-refractivity contribution in [3.63, 3.8) is 0 Å². The third-order valence-corrected chi connectivity index (χ3v) is 4.25. The number of nitrogens with zero attached hydrogens (tertiary/aromatic N) is 4. The Balaban J connectivity index is 1.62. The zero-order chi connectivity index (χ0) is 19.0. The van der Waals surface area contributed by atoms with E-state index in [1.54, 1.807) is 42.5 Å². The number of aromatic hydroxyl groups is 1. The van der Waals surface area contributed by atoms with Crippen LogP contribution in [0.15, 0.2) is 63.8 Å². The van der Waals surface area contributed by atoms with Gasteiger partial charge >= 0.3 is 0 Å². The second-order valence-electron chi connectivity index (χ2n) is 5.80. The molecule has 2 heterocycles. The average molecular weight is 382 g/mol. The van der Waals surface area contributed by atoms with Gasteiger partial charge in [0.2, 0.25) is 5.88 Å². The fourth-order valence-electron chi connectivity index (χ4n) is 2.74. The highest BCUT2D eigenvalue weighted by atomic mass is 35.5. The topological polar surface area (TPSA) is 113 Å². The van der Waals surface area contributed by atoms with Gasteiger partial charge in [-0.15, -0.1) is 10.2 Å². The Morgan fingerprint density at radius 3 is 2.89 bits per heavy atom. The van der Waals surface area contributed by atoms with Crippen molar-refractivity contribution in [2.45, 2.75) is 6.54 Å². The number of amides is 1. The van der Waals surface area contributed by atoms with Crippen molar-refractivity contribution in [3.05, 3.63) is 64.2 Å². The fraction of sp³-hybridized carbons (Fsp3) is 0.0556. The number of carbonyl (C=O) groups excluding carboxylic acids is 1. The summed E-state index contributed by atoms with van der Waals surface area (Å²) in [5.74, 6) is -0.890. The van der Waals surface area contributed by atoms with E-state index in [-0.39, 0.29) is 23.7 Å². The number of H-pyrrole nitrogens is 1. The molecule has 0 spiro atoms. The molecule has 134 valence electrons. The van der Waals surface area contributed by atoms with Crippen molar-refractivity contribution in [1.82, 2.24) is 14.5 Å². The molecule has 27 heavy (non-hydrogen) atoms. The zero-order valence-electron chi connectivity index (χ0n) is 13.8. The van der Waals surface area contributed by atoms with Crippen LogP contribution in [0.2, 0.25) is 5.02 Å². The van der Waals surface area contributed by atoms with E-state index in [4.69, 9.17) is 11.6 Å². The van der Waals surface area contributed by atoms with Gasteiger partial charge in [0, 0.05) is 10.4 Å². The number of nitrogens with one attached hydrogen (secondary N) is 1. The number of para-hydroxylation sites is 1. The van der Waals surface area contributed by atoms with Gasteiger partial charge in [-0.3, -0.25) is 14.2 Å². The lowest BCUT2D eigenvalue weighted by Crippen LogP contribution is -2.23. The Kier molecular flexibility index (Phi) is 4.17. The molecular weight excluding hydrogens is 370 g/mol. The summed E-state index contributed by atoms with van der Waals surface area (Å²) < 4.78 is 1.16. The monoisotopic (exact) mass is 381 g/mol. The van der Waals surface area contributed by atoms with Crippen molar-refractivity contribution in [3.8, 4) is 5.88 Å². The largest absolute Gasteiger partial charge is 0.493 e. The van der Waals surface area contributed by atoms with Crippen molar-refractivity contribution in [2.75, 3.05) is 0 Å². The molecule has 0 aliphatic heterocycles. The molecule has 0 unspecified atom stereocenters. The van der Waals surface area contributed by atoms with E-state index >= 15 is 0 Å². The second-order valence-corrected chi connectivity index (χ2v) is 6.24. The number of rotatable bonds is 3. The van der Waals surface area contributed by atoms with Gasteiger partial charge in [-0.05, 0) is 30.3 Å². The first kappa shape index (κ1) is 16.9. The van der Waals surface area contributed by atoms with Gasteiger partial charge in [-0.25, -0.2) is 4.98 Å². The van der Waals surface area contributed by atoms with Crippen LogP contribution >= 0.6 is 11.6 Å². The fourth-order valence-corrected chi connectivity index (χ4v) is 2.91. The first-order valence-electron chi connectivity index (χ1n) is 7.92. The van der Waals surface area contributed by atoms with Gasteiger partial charge in [0.05, 0.1) is 22.7 Å². The normalized spacial score (nSPS) is 11.6. The number of benzene rings is 2. The molecule has 4 aromatic rings. The van der Waals surface area contributed by atoms with Gasteiger partial charge in [0.15, 0.2) is 5.69 Å². The predicted octanol–water partition coefficient (Wildman–Crippen LogP) is 3.55. The Bertz CT molecular complexity index is 1280. The van der Waals surface area contributed by atoms with E-state index in [2.05, 4.69) is 20.2 Å². The maximum atomic E-state index is 12.4. The van der Waals surface area contributed by atoms with Gasteiger partial charge in [0.25, 0.3) is 11.5 Å². The molecule has 0 fully saturated rings. The average Bonchev–Trinajstić information content (AvgIpc) is 2.97. The SMILES string of the molecule is O=C(Cn1cnc2ccccc2c1=O)N=Nc1c(O)[nH]c2ccc(Cl)cc12. The van der Waals surface area contributed by atoms with Gasteiger partial charge in [0.1, 0.15) is 6.54 Å². The summed E-state index contributed by atoms with van der Waals surface area (Å²) in [6.07, 6.45) is 1.29. The van der Waals surface area contributed by atoms with E-state index < -0.39 is 5.91 Å². The lowest BCUT2D eigenvalue weighted by atomic mass is 10.2. The molecule has 0 aliphatic carbocycles. The number of aromatic nitrogens is 3. The minimum Gasteiger partial charge on any atom is -0.493 e. The van der Waals surface area contributed by atoms with Crippen molar-refractivity contribution in [2.24, 2.45) is 10.2 Å². The van der Waals surface area contributed by atoms with Crippen molar-refractivity contribution >= 4 is 45.0 Å². The smallest absolute Gasteiger partial charge is 0.284 e. The summed E-state index contributed by atoms with van der Waals surface area (Å²) in [5.41, 5.74) is 0.914. The Morgan fingerprint density at radius 2 is 2.04 bits per heavy atom. The second kappa shape index (κ2) is 6.65. The molecule has 2 aromatic heterocycles. The van der Waals surface area contributed by atoms with E-state index in [0.29, 0.717) is 26.8 Å². The summed E-state index contributed by atoms with van der Waals surface area (Å²) in [7, 11) is 0. The van der Waals surface area contributed by atoms with E-state index in [9.17, 15) is 14.7 Å². The van der Waals surface area contributed by atoms with Crippen LogP contribution in [0.3, 0.4) is 0 Å². The number of fused-ring (bicyclic) bond motifs is 2. The van der Waals surface area contributed by atoms with Crippen LogP contribution in [0.25, 0.3) is 21.8 Å². The lowest BCUT2D eigenvalue weighted by molar-refractivity contribution is -0.118. The number of halogens is 1. The molecule has 0 saturated heterocycles. The number of carbonyl (C=O) groups is 1. The van der Waals surface area contributed by atoms with E-state index in [1.165, 1.54) is 6.33 Å². The maximum Gasteiger partial charge on any atom is 0.284 e. The molecule has 2 N–H and O–H groups in total. The highest BCUT2D eigenvalue weighted by Gasteiger charge is 2.12. The Hall–Kier alpha value is -3.52. The first-order chi connectivity index (χ1) is 13.0. The summed E-state index contributed by atoms with van der Waals surface area (Å²) >= 11 is 5.96. The quantitative estimate of drug-likeness (QED) is 0.528. The zero-order valence-corrected chi connectivity index (χ0v) is 14.5. The molecule has 2 aromatic carbocycles. The highest BCUT2D eigenvalue weighted by Crippen LogP contribution is 2.36. The summed E-state index contributed by atoms with van der Waals surface area (Å²) in [6.45, 7) is -0.315. The number of azo groups is 1. The van der Waals surface area contributed by atoms with E-state index in [0.717, 1.165) is 4.57 Å². The standard InChI is InChI=1S/C18H12ClN5O3/c19-10-5-6-14-12(7-10)16(17(26)21-14)23-22-15(25)8-24-9-20-13-4-2-1-3-11(13)18(24)27/h1-7,9,21,26H,8H2. The number of hydrogen-bond acceptors (Lipinski definition) is 5. The van der Waals surface area contributed by atoms with E-state index in [1.807, 2.05) is 0 Å². The lowest BCUT2D eigenvalue weighted by Gasteiger charge is -2.03. The number of aromatic amines is 1. The molecular formula is C18H12ClN5O3. The molecule has 0 bridgehead atoms. The maximum absolute atomic E-state index is 12.4. The minimum absolute atomic E-state index is 0.102. The molecule has 1 amide bonds. The summed E-state index contributed by atoms with van der Waals surface area (Å²) in [5, 5.41) is 18.8. The van der Waals surface area contributed by atoms with Crippen LogP contribution in [-0.4, -0.2) is 25.5 Å². The van der Waals surface area contributed by atoms with Crippen LogP contribution in [0, 0.1) is 0 Å². The molecule has 0 saturated carbocycles. The molecule has 8 nitrogen and oxygen atoms in total. The molecule has 0 radical (unpaired) electrons. The molecule has 0 aliphatic rings. The molecule has 4 rings (SSSR count). The Morgan fingerprint density at radius 1 is 1.22 bits per heavy atom. The van der Waals surface area contributed by atoms with Crippen LogP contribution in [0.1, 0.15) is 0 Å². The summed E-state index contributed by atoms with van der Waals surface area (Å²) in [4.78, 5) is 31.4. The van der Waals surface area contributed by atoms with Crippen LogP contribution in [0.5, 0.6) is 5.88 Å². The minimum atomic E-state index is -0.662. The van der Waals surface area contributed by atoms with Crippen LogP contribution < -0.4 is 5.56 Å². The molecule has 0 atom stereocenters. The van der Waals surface area contributed by atoms with Gasteiger partial charge in [-0.2, -0.15) is 0 Å². The molecule has 9 heteroatoms. The van der Waals surface area contributed by atoms with Crippen LogP contribution in [0.4, 0.5) is 5.69 Å². The Labute approximate surface area is 156 Å². The van der Waals surface area contributed by atoms with Crippen molar-refractivity contribution < 1.29 is 9.90 Å². The highest BCUT2D eigenvalue weighted by molar-refractivity contribution is 6.31. The third-order valence-electron chi connectivity index (χ3n) is 4.01. The third kappa shape index (κ3) is 3.18. The van der Waals surface area contributed by atoms with Crippen molar-refractivity contribution in [1.29, 1.82) is 0 Å². The predicted molar refractivity (Wildman–Crippen MR) is 100 cm³/mol. The number of hydrogen-bond donors (Lipinski definition) is 2.